The van der Waals surface area contributed by atoms with Crippen LogP contribution >= 0.6 is 11.6 Å². The van der Waals surface area contributed by atoms with Crippen LogP contribution in [0.25, 0.3) is 0 Å². The second-order valence-corrected chi connectivity index (χ2v) is 8.06. The number of hydrogen-bond donors (Lipinski definition) is 0. The van der Waals surface area contributed by atoms with E-state index in [4.69, 9.17) is 11.6 Å². The number of carbonyl (C=O) groups excluding carboxylic acids is 2. The fourth-order valence-electron chi connectivity index (χ4n) is 2.77. The van der Waals surface area contributed by atoms with Gasteiger partial charge in [0.2, 0.25) is 0 Å². The predicted molar refractivity (Wildman–Crippen MR) is 87.8 cm³/mol. The van der Waals surface area contributed by atoms with Crippen LogP contribution in [-0.4, -0.2) is 32.8 Å². The van der Waals surface area contributed by atoms with Crippen LogP contribution in [0.15, 0.2) is 24.3 Å². The summed E-state index contributed by atoms with van der Waals surface area (Å²) < 4.78 is 0. The van der Waals surface area contributed by atoms with Crippen molar-refractivity contribution in [2.45, 2.75) is 58.7 Å². The maximum atomic E-state index is 12.9. The van der Waals surface area contributed by atoms with Crippen molar-refractivity contribution < 1.29 is 9.59 Å². The molecule has 0 N–H and O–H groups in total. The minimum Gasteiger partial charge on any atom is -0.303 e. The van der Waals surface area contributed by atoms with Crippen LogP contribution in [0.5, 0.6) is 0 Å². The van der Waals surface area contributed by atoms with Gasteiger partial charge in [-0.15, -0.1) is 0 Å². The summed E-state index contributed by atoms with van der Waals surface area (Å²) in [6.45, 7) is 11.4. The lowest BCUT2D eigenvalue weighted by Crippen LogP contribution is -2.49. The summed E-state index contributed by atoms with van der Waals surface area (Å²) in [4.78, 5) is 28.8. The van der Waals surface area contributed by atoms with Gasteiger partial charge < -0.3 is 4.90 Å². The zero-order valence-corrected chi connectivity index (χ0v) is 14.7. The molecular weight excluding hydrogens is 300 g/mol. The zero-order chi connectivity index (χ0) is 16.9. The Morgan fingerprint density at radius 2 is 1.41 bits per heavy atom. The Morgan fingerprint density at radius 3 is 1.82 bits per heavy atom. The first kappa shape index (κ1) is 16.8. The monoisotopic (exact) mass is 322 g/mol. The average molecular weight is 323 g/mol. The first-order chi connectivity index (χ1) is 9.94. The summed E-state index contributed by atoms with van der Waals surface area (Å²) in [6.07, 6.45) is 0. The third kappa shape index (κ3) is 2.84. The van der Waals surface area contributed by atoms with Gasteiger partial charge >= 0.3 is 6.03 Å². The van der Waals surface area contributed by atoms with E-state index in [1.807, 2.05) is 53.7 Å². The Morgan fingerprint density at radius 1 is 0.909 bits per heavy atom. The molecule has 1 aliphatic heterocycles. The molecule has 1 aromatic carbocycles. The molecule has 1 aromatic rings. The van der Waals surface area contributed by atoms with Crippen LogP contribution in [0.2, 0.25) is 5.02 Å². The van der Waals surface area contributed by atoms with Crippen LogP contribution in [0.4, 0.5) is 4.79 Å². The minimum atomic E-state index is -0.607. The molecule has 1 atom stereocenters. The van der Waals surface area contributed by atoms with E-state index in [2.05, 4.69) is 0 Å². The first-order valence-electron chi connectivity index (χ1n) is 7.37. The highest BCUT2D eigenvalue weighted by atomic mass is 35.5. The Balaban J connectivity index is 2.56. The van der Waals surface area contributed by atoms with E-state index in [9.17, 15) is 9.59 Å². The van der Waals surface area contributed by atoms with Gasteiger partial charge in [-0.2, -0.15) is 0 Å². The molecule has 4 nitrogen and oxygen atoms in total. The summed E-state index contributed by atoms with van der Waals surface area (Å²) in [5.74, 6) is -0.185. The predicted octanol–water partition coefficient (Wildman–Crippen LogP) is 4.24. The summed E-state index contributed by atoms with van der Waals surface area (Å²) in [5.41, 5.74) is -0.236. The van der Waals surface area contributed by atoms with E-state index in [1.54, 1.807) is 17.0 Å². The smallest absolute Gasteiger partial charge is 0.303 e. The van der Waals surface area contributed by atoms with Crippen LogP contribution in [0.3, 0.4) is 0 Å². The molecule has 5 heteroatoms. The second-order valence-electron chi connectivity index (χ2n) is 7.62. The quantitative estimate of drug-likeness (QED) is 0.725. The molecule has 1 unspecified atom stereocenters. The lowest BCUT2D eigenvalue weighted by molar-refractivity contribution is -0.131. The Bertz CT molecular complexity index is 597. The van der Waals surface area contributed by atoms with Gasteiger partial charge in [0.05, 0.1) is 0 Å². The van der Waals surface area contributed by atoms with Crippen LogP contribution in [0.1, 0.15) is 53.1 Å². The Kier molecular flexibility index (Phi) is 4.03. The molecule has 0 saturated carbocycles. The number of urea groups is 1. The van der Waals surface area contributed by atoms with E-state index in [-0.39, 0.29) is 11.9 Å². The molecule has 1 heterocycles. The molecule has 1 aliphatic rings. The van der Waals surface area contributed by atoms with Crippen LogP contribution in [0, 0.1) is 0 Å². The van der Waals surface area contributed by atoms with Gasteiger partial charge in [-0.3, -0.25) is 9.69 Å². The number of imide groups is 1. The van der Waals surface area contributed by atoms with Crippen molar-refractivity contribution >= 4 is 23.5 Å². The number of amides is 3. The normalized spacial score (nSPS) is 20.0. The second kappa shape index (κ2) is 5.27. The van der Waals surface area contributed by atoms with Crippen molar-refractivity contribution in [2.24, 2.45) is 0 Å². The van der Waals surface area contributed by atoms with Gasteiger partial charge in [0.1, 0.15) is 6.04 Å². The Hall–Kier alpha value is -1.55. The first-order valence-corrected chi connectivity index (χ1v) is 7.75. The highest BCUT2D eigenvalue weighted by Crippen LogP contribution is 2.39. The largest absolute Gasteiger partial charge is 0.328 e. The average Bonchev–Trinajstić information content (AvgIpc) is 2.60. The molecule has 1 fully saturated rings. The number of nitrogens with zero attached hydrogens (tertiary/aromatic N) is 2. The number of hydrogen-bond acceptors (Lipinski definition) is 2. The summed E-state index contributed by atoms with van der Waals surface area (Å²) >= 11 is 5.94. The molecule has 3 amide bonds. The molecule has 120 valence electrons. The van der Waals surface area contributed by atoms with Gasteiger partial charge in [0.15, 0.2) is 0 Å². The van der Waals surface area contributed by atoms with Gasteiger partial charge in [-0.1, -0.05) is 23.7 Å². The SMILES string of the molecule is CC(C)(C)N1C(=O)C(c2ccc(Cl)cc2)N(C(C)(C)C)C1=O. The molecule has 1 saturated heterocycles. The lowest BCUT2D eigenvalue weighted by Gasteiger charge is -2.36. The van der Waals surface area contributed by atoms with Gasteiger partial charge in [-0.05, 0) is 59.2 Å². The van der Waals surface area contributed by atoms with Crippen molar-refractivity contribution in [3.8, 4) is 0 Å². The third-order valence-electron chi connectivity index (χ3n) is 3.69. The van der Waals surface area contributed by atoms with Crippen molar-refractivity contribution in [1.29, 1.82) is 0 Å². The van der Waals surface area contributed by atoms with Crippen molar-refractivity contribution in [3.63, 3.8) is 0 Å². The summed E-state index contributed by atoms with van der Waals surface area (Å²) in [7, 11) is 0. The fraction of sp³-hybridized carbons (Fsp3) is 0.529. The lowest BCUT2D eigenvalue weighted by atomic mass is 9.99. The number of rotatable bonds is 1. The van der Waals surface area contributed by atoms with Gasteiger partial charge in [-0.25, -0.2) is 4.79 Å². The van der Waals surface area contributed by atoms with E-state index >= 15 is 0 Å². The number of halogens is 1. The van der Waals surface area contributed by atoms with Crippen molar-refractivity contribution in [2.75, 3.05) is 0 Å². The Labute approximate surface area is 137 Å². The number of benzene rings is 1. The maximum absolute atomic E-state index is 12.9. The zero-order valence-electron chi connectivity index (χ0n) is 14.0. The van der Waals surface area contributed by atoms with E-state index in [1.165, 1.54) is 4.90 Å². The topological polar surface area (TPSA) is 40.6 Å². The minimum absolute atomic E-state index is 0.185. The molecule has 0 aromatic heterocycles. The van der Waals surface area contributed by atoms with Crippen molar-refractivity contribution in [1.82, 2.24) is 9.80 Å². The van der Waals surface area contributed by atoms with Crippen molar-refractivity contribution in [3.05, 3.63) is 34.9 Å². The molecular formula is C17H23ClN2O2. The fourth-order valence-corrected chi connectivity index (χ4v) is 2.90. The molecule has 2 rings (SSSR count). The number of carbonyl (C=O) groups is 2. The molecule has 22 heavy (non-hydrogen) atoms. The van der Waals surface area contributed by atoms with Crippen LogP contribution < -0.4 is 0 Å². The highest BCUT2D eigenvalue weighted by molar-refractivity contribution is 6.30. The molecule has 0 spiro atoms. The standard InChI is InChI=1S/C17H23ClN2O2/c1-16(2,3)19-13(11-7-9-12(18)10-8-11)14(21)20(15(19)22)17(4,5)6/h7-10,13H,1-6H3. The van der Waals surface area contributed by atoms with E-state index in [0.717, 1.165) is 5.56 Å². The van der Waals surface area contributed by atoms with E-state index < -0.39 is 17.1 Å². The van der Waals surface area contributed by atoms with Gasteiger partial charge in [0, 0.05) is 16.1 Å². The van der Waals surface area contributed by atoms with Gasteiger partial charge in [0.25, 0.3) is 5.91 Å². The highest BCUT2D eigenvalue weighted by Gasteiger charge is 2.53. The summed E-state index contributed by atoms with van der Waals surface area (Å²) in [5, 5.41) is 0.607. The summed E-state index contributed by atoms with van der Waals surface area (Å²) in [6, 6.07) is 6.25. The molecule has 0 bridgehead atoms. The van der Waals surface area contributed by atoms with Crippen LogP contribution in [-0.2, 0) is 4.79 Å². The molecule has 0 radical (unpaired) electrons. The molecule has 0 aliphatic carbocycles. The van der Waals surface area contributed by atoms with E-state index in [0.29, 0.717) is 5.02 Å². The maximum Gasteiger partial charge on any atom is 0.328 e. The third-order valence-corrected chi connectivity index (χ3v) is 3.94.